The van der Waals surface area contributed by atoms with E-state index in [9.17, 15) is 14.7 Å². The summed E-state index contributed by atoms with van der Waals surface area (Å²) in [6, 6.07) is 8.78. The third-order valence-electron chi connectivity index (χ3n) is 4.90. The van der Waals surface area contributed by atoms with Gasteiger partial charge in [0.15, 0.2) is 16.9 Å². The lowest BCUT2D eigenvalue weighted by molar-refractivity contribution is -0.141. The average Bonchev–Trinajstić information content (AvgIpc) is 3.22. The van der Waals surface area contributed by atoms with E-state index in [0.29, 0.717) is 35.2 Å². The Bertz CT molecular complexity index is 1190. The van der Waals surface area contributed by atoms with Crippen LogP contribution >= 0.6 is 0 Å². The summed E-state index contributed by atoms with van der Waals surface area (Å²) in [5.41, 5.74) is 5.80. The third kappa shape index (κ3) is 3.30. The predicted molar refractivity (Wildman–Crippen MR) is 104 cm³/mol. The molecule has 0 bridgehead atoms. The van der Waals surface area contributed by atoms with Crippen LogP contribution in [0.4, 0.5) is 0 Å². The zero-order valence-corrected chi connectivity index (χ0v) is 15.7. The Morgan fingerprint density at radius 2 is 2.21 bits per heavy atom. The largest absolute Gasteiger partial charge is 0.379 e. The van der Waals surface area contributed by atoms with Gasteiger partial charge < -0.3 is 15.7 Å². The van der Waals surface area contributed by atoms with Crippen LogP contribution in [0.2, 0.25) is 0 Å². The monoisotopic (exact) mass is 390 g/mol. The van der Waals surface area contributed by atoms with E-state index in [2.05, 4.69) is 27.1 Å². The molecule has 3 aromatic rings. The van der Waals surface area contributed by atoms with E-state index in [1.165, 1.54) is 15.8 Å². The molecule has 3 heterocycles. The number of benzene rings is 1. The number of rotatable bonds is 3. The molecule has 1 fully saturated rings. The zero-order chi connectivity index (χ0) is 20.6. The first-order chi connectivity index (χ1) is 13.9. The first kappa shape index (κ1) is 18.6. The molecule has 29 heavy (non-hydrogen) atoms. The number of likely N-dealkylation sites (N-methyl/N-ethyl adjacent to an activating group) is 1. The topological polar surface area (TPSA) is 127 Å². The van der Waals surface area contributed by atoms with Crippen molar-refractivity contribution >= 4 is 22.8 Å². The van der Waals surface area contributed by atoms with E-state index in [1.807, 2.05) is 0 Å². The Morgan fingerprint density at radius 1 is 1.38 bits per heavy atom. The summed E-state index contributed by atoms with van der Waals surface area (Å²) < 4.78 is 1.48. The van der Waals surface area contributed by atoms with Crippen molar-refractivity contribution in [2.75, 3.05) is 13.6 Å². The Hall–Kier alpha value is -3.77. The lowest BCUT2D eigenvalue weighted by Crippen LogP contribution is -2.38. The summed E-state index contributed by atoms with van der Waals surface area (Å²) in [4.78, 5) is 25.2. The molecule has 9 nitrogen and oxygen atoms in total. The van der Waals surface area contributed by atoms with E-state index in [-0.39, 0.29) is 18.0 Å². The van der Waals surface area contributed by atoms with E-state index in [4.69, 9.17) is 5.73 Å². The minimum Gasteiger partial charge on any atom is -0.379 e. The van der Waals surface area contributed by atoms with Crippen molar-refractivity contribution in [3.8, 4) is 17.5 Å². The van der Waals surface area contributed by atoms with Gasteiger partial charge in [-0.1, -0.05) is 17.9 Å². The fraction of sp³-hybridized carbons (Fsp3) is 0.250. The Balaban J connectivity index is 1.65. The summed E-state index contributed by atoms with van der Waals surface area (Å²) in [6.07, 6.45) is 1.89. The Labute approximate surface area is 166 Å². The van der Waals surface area contributed by atoms with Gasteiger partial charge >= 0.3 is 0 Å². The molecule has 1 aliphatic rings. The molecule has 0 spiro atoms. The van der Waals surface area contributed by atoms with Crippen molar-refractivity contribution in [3.05, 3.63) is 47.8 Å². The molecule has 1 atom stereocenters. The average molecular weight is 390 g/mol. The molecule has 1 saturated heterocycles. The smallest absolute Gasteiger partial charge is 0.269 e. The third-order valence-corrected chi connectivity index (χ3v) is 4.90. The predicted octanol–water partition coefficient (Wildman–Crippen LogP) is 0.249. The molecule has 3 N–H and O–H groups in total. The quantitative estimate of drug-likeness (QED) is 0.617. The summed E-state index contributed by atoms with van der Waals surface area (Å²) in [5.74, 6) is 4.91. The van der Waals surface area contributed by atoms with E-state index in [0.717, 1.165) is 0 Å². The number of nitrogens with two attached hydrogens (primary N) is 1. The van der Waals surface area contributed by atoms with Crippen molar-refractivity contribution in [1.82, 2.24) is 24.9 Å². The van der Waals surface area contributed by atoms with Gasteiger partial charge in [-0.2, -0.15) is 10.2 Å². The molecule has 1 aromatic carbocycles. The Morgan fingerprint density at radius 3 is 2.93 bits per heavy atom. The molecule has 0 aliphatic carbocycles. The van der Waals surface area contributed by atoms with Crippen LogP contribution in [0.3, 0.4) is 0 Å². The van der Waals surface area contributed by atoms with Crippen LogP contribution < -0.4 is 5.73 Å². The lowest BCUT2D eigenvalue weighted by Gasteiger charge is -2.17. The molecule has 2 amide bonds. The van der Waals surface area contributed by atoms with Gasteiger partial charge in [-0.3, -0.25) is 9.59 Å². The van der Waals surface area contributed by atoms with Crippen molar-refractivity contribution < 1.29 is 14.7 Å². The molecule has 1 aliphatic heterocycles. The number of aromatic nitrogens is 4. The molecule has 0 radical (unpaired) electrons. The first-order valence-electron chi connectivity index (χ1n) is 8.96. The van der Waals surface area contributed by atoms with Crippen LogP contribution in [-0.2, 0) is 4.79 Å². The van der Waals surface area contributed by atoms with Gasteiger partial charge in [0.25, 0.3) is 11.8 Å². The number of hydrogen-bond donors (Lipinski definition) is 2. The number of amides is 2. The second-order valence-corrected chi connectivity index (χ2v) is 6.93. The van der Waals surface area contributed by atoms with Gasteiger partial charge in [0, 0.05) is 32.0 Å². The molecule has 146 valence electrons. The fourth-order valence-corrected chi connectivity index (χ4v) is 3.32. The summed E-state index contributed by atoms with van der Waals surface area (Å²) in [7, 11) is 1.66. The van der Waals surface area contributed by atoms with Crippen LogP contribution in [0, 0.1) is 11.8 Å². The molecule has 0 unspecified atom stereocenters. The van der Waals surface area contributed by atoms with Gasteiger partial charge in [-0.25, -0.2) is 4.68 Å². The van der Waals surface area contributed by atoms with Crippen molar-refractivity contribution in [3.63, 3.8) is 0 Å². The number of carbonyl (C=O) groups is 2. The van der Waals surface area contributed by atoms with Gasteiger partial charge in [0.2, 0.25) is 0 Å². The summed E-state index contributed by atoms with van der Waals surface area (Å²) >= 11 is 0. The zero-order valence-electron chi connectivity index (χ0n) is 15.7. The molecule has 2 aromatic heterocycles. The molecule has 0 saturated carbocycles. The number of carbonyl (C=O) groups excluding carboxylic acids is 2. The second kappa shape index (κ2) is 7.00. The molecular weight excluding hydrogens is 372 g/mol. The lowest BCUT2D eigenvalue weighted by atomic mass is 9.98. The number of nitrogens with zero attached hydrogens (tertiary/aromatic N) is 5. The maximum Gasteiger partial charge on any atom is 0.269 e. The normalized spacial score (nSPS) is 18.7. The highest BCUT2D eigenvalue weighted by Crippen LogP contribution is 2.25. The number of aliphatic hydroxyl groups is 1. The minimum atomic E-state index is -1.43. The number of likely N-dealkylation sites (tertiary alicyclic amines) is 1. The van der Waals surface area contributed by atoms with Gasteiger partial charge in [0.1, 0.15) is 0 Å². The highest BCUT2D eigenvalue weighted by molar-refractivity contribution is 6.03. The SMILES string of the molecule is CN1CC[C@@](O)(CC#Cc2cccc(-n3nc(C(N)=O)c4ccnnc43)c2)C1=O. The van der Waals surface area contributed by atoms with Crippen molar-refractivity contribution in [2.45, 2.75) is 18.4 Å². The van der Waals surface area contributed by atoms with Gasteiger partial charge in [-0.15, -0.1) is 5.10 Å². The Kier molecular flexibility index (Phi) is 4.48. The molecule has 9 heteroatoms. The van der Waals surface area contributed by atoms with Gasteiger partial charge in [0.05, 0.1) is 17.3 Å². The number of hydrogen-bond acceptors (Lipinski definition) is 6. The van der Waals surface area contributed by atoms with Crippen LogP contribution in [0.15, 0.2) is 36.5 Å². The van der Waals surface area contributed by atoms with E-state index >= 15 is 0 Å². The van der Waals surface area contributed by atoms with Gasteiger partial charge in [-0.05, 0) is 24.3 Å². The van der Waals surface area contributed by atoms with Crippen LogP contribution in [-0.4, -0.2) is 61.0 Å². The van der Waals surface area contributed by atoms with Crippen LogP contribution in [0.1, 0.15) is 28.9 Å². The summed E-state index contributed by atoms with van der Waals surface area (Å²) in [6.45, 7) is 0.516. The van der Waals surface area contributed by atoms with Crippen molar-refractivity contribution in [1.29, 1.82) is 0 Å². The van der Waals surface area contributed by atoms with E-state index in [1.54, 1.807) is 37.4 Å². The fourth-order valence-electron chi connectivity index (χ4n) is 3.32. The second-order valence-electron chi connectivity index (χ2n) is 6.93. The number of primary amides is 1. The maximum absolute atomic E-state index is 12.0. The van der Waals surface area contributed by atoms with Crippen LogP contribution in [0.5, 0.6) is 0 Å². The maximum atomic E-state index is 12.0. The first-order valence-corrected chi connectivity index (χ1v) is 8.96. The molecule has 4 rings (SSSR count). The molecular formula is C20H18N6O3. The van der Waals surface area contributed by atoms with E-state index < -0.39 is 11.5 Å². The highest BCUT2D eigenvalue weighted by Gasteiger charge is 2.42. The minimum absolute atomic E-state index is 0.0579. The number of fused-ring (bicyclic) bond motifs is 1. The standard InChI is InChI=1S/C20H18N6O3/c1-25-11-9-20(29,19(25)28)8-3-5-13-4-2-6-14(12-13)26-18-15(7-10-22-23-18)16(24-26)17(21)27/h2,4,6-7,10,12,29H,8-9,11H2,1H3,(H2,21,27)/t20-/m0/s1. The highest BCUT2D eigenvalue weighted by atomic mass is 16.3. The van der Waals surface area contributed by atoms with Crippen molar-refractivity contribution in [2.24, 2.45) is 5.73 Å². The summed E-state index contributed by atoms with van der Waals surface area (Å²) in [5, 5.41) is 23.1. The van der Waals surface area contributed by atoms with Crippen LogP contribution in [0.25, 0.3) is 16.7 Å².